The maximum atomic E-state index is 5.01. The summed E-state index contributed by atoms with van der Waals surface area (Å²) in [5.74, 6) is 0. The van der Waals surface area contributed by atoms with Gasteiger partial charge in [-0.1, -0.05) is 0 Å². The van der Waals surface area contributed by atoms with Crippen molar-refractivity contribution >= 4 is 6.34 Å². The lowest BCUT2D eigenvalue weighted by Gasteiger charge is -1.85. The number of rotatable bonds is 2. The fraction of sp³-hybridized carbons (Fsp3) is 0.667. The molecule has 0 bridgehead atoms. The third-order valence-electron chi connectivity index (χ3n) is 0.338. The highest BCUT2D eigenvalue weighted by atomic mass is 15.0. The van der Waals surface area contributed by atoms with Crippen LogP contribution in [0.2, 0.25) is 0 Å². The first-order valence-electron chi connectivity index (χ1n) is 1.76. The first kappa shape index (κ1) is 5.43. The molecule has 0 fully saturated rings. The topological polar surface area (TPSA) is 50.4 Å². The van der Waals surface area contributed by atoms with Crippen LogP contribution in [-0.4, -0.2) is 20.1 Å². The molecule has 3 N–H and O–H groups in total. The van der Waals surface area contributed by atoms with E-state index in [0.717, 1.165) is 0 Å². The lowest BCUT2D eigenvalue weighted by atomic mass is 11.0. The van der Waals surface area contributed by atoms with E-state index in [1.807, 2.05) is 0 Å². The molecule has 0 rings (SSSR count). The zero-order valence-electron chi connectivity index (χ0n) is 3.81. The molecule has 0 radical (unpaired) electrons. The van der Waals surface area contributed by atoms with Gasteiger partial charge in [-0.05, 0) is 0 Å². The van der Waals surface area contributed by atoms with Crippen molar-refractivity contribution in [3.63, 3.8) is 0 Å². The third-order valence-corrected chi connectivity index (χ3v) is 0.338. The fourth-order valence-electron chi connectivity index (χ4n) is 0.144. The van der Waals surface area contributed by atoms with Gasteiger partial charge < -0.3 is 11.1 Å². The molecule has 0 amide bonds. The van der Waals surface area contributed by atoms with Crippen molar-refractivity contribution < 1.29 is 0 Å². The minimum atomic E-state index is 0.456. The van der Waals surface area contributed by atoms with E-state index in [1.54, 1.807) is 13.4 Å². The molecule has 0 aromatic rings. The quantitative estimate of drug-likeness (QED) is 0.262. The Balaban J connectivity index is 2.66. The molecule has 0 atom stereocenters. The molecule has 0 aromatic heterocycles. The molecule has 0 aliphatic heterocycles. The number of aliphatic imine (C=N–C) groups is 1. The number of hydrogen-bond donors (Lipinski definition) is 2. The molecule has 0 saturated heterocycles. The summed E-state index contributed by atoms with van der Waals surface area (Å²) >= 11 is 0. The smallest absolute Gasteiger partial charge is 0.0830 e. The molecule has 0 aromatic carbocycles. The van der Waals surface area contributed by atoms with Crippen LogP contribution in [0.15, 0.2) is 4.99 Å². The van der Waals surface area contributed by atoms with Gasteiger partial charge in [0.1, 0.15) is 0 Å². The summed E-state index contributed by atoms with van der Waals surface area (Å²) < 4.78 is 0. The van der Waals surface area contributed by atoms with Crippen LogP contribution in [0.5, 0.6) is 0 Å². The van der Waals surface area contributed by atoms with Crippen LogP contribution in [0.3, 0.4) is 0 Å². The van der Waals surface area contributed by atoms with Crippen molar-refractivity contribution in [2.24, 2.45) is 10.7 Å². The summed E-state index contributed by atoms with van der Waals surface area (Å²) in [7, 11) is 1.68. The predicted molar refractivity (Wildman–Crippen MR) is 26.6 cm³/mol. The normalized spacial score (nSPS) is 9.67. The lowest BCUT2D eigenvalue weighted by molar-refractivity contribution is 0.942. The second-order valence-electron chi connectivity index (χ2n) is 0.796. The average molecular weight is 87.1 g/mol. The van der Waals surface area contributed by atoms with Crippen LogP contribution >= 0.6 is 0 Å². The second kappa shape index (κ2) is 4.43. The molecule has 3 nitrogen and oxygen atoms in total. The number of nitrogens with one attached hydrogen (secondary N) is 1. The highest BCUT2D eigenvalue weighted by Gasteiger charge is 1.58. The Hall–Kier alpha value is -0.570. The Morgan fingerprint density at radius 1 is 2.00 bits per heavy atom. The molecule has 6 heavy (non-hydrogen) atoms. The Morgan fingerprint density at radius 2 is 2.67 bits per heavy atom. The summed E-state index contributed by atoms with van der Waals surface area (Å²) in [6, 6.07) is 0. The maximum Gasteiger partial charge on any atom is 0.0830 e. The zero-order chi connectivity index (χ0) is 4.83. The predicted octanol–water partition coefficient (Wildman–Crippen LogP) is -0.850. The summed E-state index contributed by atoms with van der Waals surface area (Å²) in [6.45, 7) is 0.456. The minimum absolute atomic E-state index is 0.456. The molecule has 0 spiro atoms. The molecule has 3 heteroatoms. The van der Waals surface area contributed by atoms with Crippen molar-refractivity contribution in [1.82, 2.24) is 5.32 Å². The van der Waals surface area contributed by atoms with Crippen molar-refractivity contribution in [3.8, 4) is 0 Å². The van der Waals surface area contributed by atoms with Crippen molar-refractivity contribution in [2.75, 3.05) is 13.7 Å². The first-order chi connectivity index (χ1) is 2.91. The van der Waals surface area contributed by atoms with Gasteiger partial charge in [0.2, 0.25) is 0 Å². The van der Waals surface area contributed by atoms with E-state index >= 15 is 0 Å². The minimum Gasteiger partial charge on any atom is -0.364 e. The van der Waals surface area contributed by atoms with Gasteiger partial charge in [-0.3, -0.25) is 4.99 Å². The molecule has 0 unspecified atom stereocenters. The number of hydrogen-bond acceptors (Lipinski definition) is 2. The van der Waals surface area contributed by atoms with E-state index in [-0.39, 0.29) is 0 Å². The lowest BCUT2D eigenvalue weighted by Crippen LogP contribution is -2.19. The summed E-state index contributed by atoms with van der Waals surface area (Å²) in [5, 5.41) is 2.68. The van der Waals surface area contributed by atoms with Gasteiger partial charge in [-0.15, -0.1) is 0 Å². The van der Waals surface area contributed by atoms with Crippen LogP contribution < -0.4 is 11.1 Å². The molecule has 0 aliphatic carbocycles. The highest BCUT2D eigenvalue weighted by Crippen LogP contribution is 1.39. The third kappa shape index (κ3) is 3.43. The van der Waals surface area contributed by atoms with E-state index in [1.165, 1.54) is 0 Å². The van der Waals surface area contributed by atoms with Crippen LogP contribution in [0.4, 0.5) is 0 Å². The molecular weight excluding hydrogens is 78.1 g/mol. The van der Waals surface area contributed by atoms with Crippen LogP contribution in [-0.2, 0) is 0 Å². The monoisotopic (exact) mass is 87.1 g/mol. The van der Waals surface area contributed by atoms with E-state index in [4.69, 9.17) is 5.73 Å². The van der Waals surface area contributed by atoms with Crippen molar-refractivity contribution in [3.05, 3.63) is 0 Å². The van der Waals surface area contributed by atoms with Crippen molar-refractivity contribution in [2.45, 2.75) is 0 Å². The molecule has 36 valence electrons. The number of nitrogens with two attached hydrogens (primary N) is 1. The van der Waals surface area contributed by atoms with Crippen LogP contribution in [0, 0.1) is 0 Å². The fourth-order valence-corrected chi connectivity index (χ4v) is 0.144. The van der Waals surface area contributed by atoms with Crippen molar-refractivity contribution in [1.29, 1.82) is 0 Å². The van der Waals surface area contributed by atoms with E-state index in [9.17, 15) is 0 Å². The molecule has 0 saturated carbocycles. The molecule has 0 aliphatic rings. The SMILES string of the molecule is CN=CNCN. The van der Waals surface area contributed by atoms with Gasteiger partial charge in [0.25, 0.3) is 0 Å². The Morgan fingerprint density at radius 3 is 2.83 bits per heavy atom. The maximum absolute atomic E-state index is 5.01. The second-order valence-corrected chi connectivity index (χ2v) is 0.796. The first-order valence-corrected chi connectivity index (χ1v) is 1.76. The van der Waals surface area contributed by atoms with Gasteiger partial charge in [-0.25, -0.2) is 0 Å². The standard InChI is InChI=1S/C3H9N3/c1-5-3-6-2-4/h3H,2,4H2,1H3,(H,5,6). The number of nitrogens with zero attached hydrogens (tertiary/aromatic N) is 1. The van der Waals surface area contributed by atoms with E-state index in [0.29, 0.717) is 6.67 Å². The molecular formula is C3H9N3. The average Bonchev–Trinajstić information content (AvgIpc) is 1.61. The summed E-state index contributed by atoms with van der Waals surface area (Å²) in [6.07, 6.45) is 1.56. The summed E-state index contributed by atoms with van der Waals surface area (Å²) in [5.41, 5.74) is 5.01. The molecule has 0 heterocycles. The Bertz CT molecular complexity index is 41.3. The largest absolute Gasteiger partial charge is 0.364 e. The van der Waals surface area contributed by atoms with Crippen LogP contribution in [0.1, 0.15) is 0 Å². The Kier molecular flexibility index (Phi) is 4.01. The summed E-state index contributed by atoms with van der Waals surface area (Å²) in [4.78, 5) is 3.61. The van der Waals surface area contributed by atoms with Gasteiger partial charge >= 0.3 is 0 Å². The zero-order valence-corrected chi connectivity index (χ0v) is 3.81. The van der Waals surface area contributed by atoms with Gasteiger partial charge in [0.05, 0.1) is 13.0 Å². The Labute approximate surface area is 37.3 Å². The van der Waals surface area contributed by atoms with E-state index < -0.39 is 0 Å². The van der Waals surface area contributed by atoms with Crippen LogP contribution in [0.25, 0.3) is 0 Å². The van der Waals surface area contributed by atoms with Gasteiger partial charge in [0.15, 0.2) is 0 Å². The van der Waals surface area contributed by atoms with Gasteiger partial charge in [-0.2, -0.15) is 0 Å². The highest BCUT2D eigenvalue weighted by molar-refractivity contribution is 5.53. The van der Waals surface area contributed by atoms with E-state index in [2.05, 4.69) is 10.3 Å². The van der Waals surface area contributed by atoms with Gasteiger partial charge in [0, 0.05) is 7.05 Å².